The highest BCUT2D eigenvalue weighted by Crippen LogP contribution is 2.27. The van der Waals surface area contributed by atoms with Gasteiger partial charge in [0.1, 0.15) is 4.90 Å². The first kappa shape index (κ1) is 22.3. The maximum absolute atomic E-state index is 12.8. The van der Waals surface area contributed by atoms with Gasteiger partial charge in [0.05, 0.1) is 5.02 Å². The normalized spacial score (nSPS) is 17.5. The van der Waals surface area contributed by atoms with E-state index in [2.05, 4.69) is 21.0 Å². The minimum Gasteiger partial charge on any atom is -0.348 e. The number of likely N-dealkylation sites (tertiary alicyclic amines) is 1. The molecule has 2 aliphatic rings. The number of carbonyl (C=O) groups is 1. The van der Waals surface area contributed by atoms with E-state index in [9.17, 15) is 13.2 Å². The quantitative estimate of drug-likeness (QED) is 0.628. The van der Waals surface area contributed by atoms with Gasteiger partial charge in [-0.3, -0.25) is 9.69 Å². The summed E-state index contributed by atoms with van der Waals surface area (Å²) in [4.78, 5) is 15.2. The second-order valence-corrected chi connectivity index (χ2v) is 10.4. The first-order valence-electron chi connectivity index (χ1n) is 10.8. The van der Waals surface area contributed by atoms with Crippen molar-refractivity contribution in [2.45, 2.75) is 56.1 Å². The van der Waals surface area contributed by atoms with E-state index >= 15 is 0 Å². The second-order valence-electron chi connectivity index (χ2n) is 8.33. The lowest BCUT2D eigenvalue weighted by Gasteiger charge is -2.27. The van der Waals surface area contributed by atoms with Crippen LogP contribution in [0.15, 0.2) is 47.4 Å². The molecule has 31 heavy (non-hydrogen) atoms. The molecule has 1 heterocycles. The highest BCUT2D eigenvalue weighted by Gasteiger charge is 2.29. The van der Waals surface area contributed by atoms with Crippen molar-refractivity contribution in [1.29, 1.82) is 0 Å². The molecule has 0 atom stereocenters. The molecule has 2 aromatic rings. The number of hydrogen-bond donors (Lipinski definition) is 2. The molecule has 0 spiro atoms. The summed E-state index contributed by atoms with van der Waals surface area (Å²) in [5.41, 5.74) is 2.55. The van der Waals surface area contributed by atoms with Crippen LogP contribution in [-0.2, 0) is 23.1 Å². The molecule has 1 amide bonds. The predicted octanol–water partition coefficient (Wildman–Crippen LogP) is 3.70. The highest BCUT2D eigenvalue weighted by molar-refractivity contribution is 7.89. The van der Waals surface area contributed by atoms with E-state index < -0.39 is 10.0 Å². The van der Waals surface area contributed by atoms with E-state index in [1.807, 2.05) is 18.2 Å². The topological polar surface area (TPSA) is 78.5 Å². The van der Waals surface area contributed by atoms with Gasteiger partial charge in [-0.05, 0) is 68.1 Å². The smallest absolute Gasteiger partial charge is 0.251 e. The largest absolute Gasteiger partial charge is 0.348 e. The van der Waals surface area contributed by atoms with E-state index in [1.54, 1.807) is 6.07 Å². The highest BCUT2D eigenvalue weighted by atomic mass is 35.5. The van der Waals surface area contributed by atoms with E-state index in [0.29, 0.717) is 6.54 Å². The summed E-state index contributed by atoms with van der Waals surface area (Å²) < 4.78 is 27.7. The Balaban J connectivity index is 1.44. The summed E-state index contributed by atoms with van der Waals surface area (Å²) in [6.45, 7) is 3.48. The van der Waals surface area contributed by atoms with Gasteiger partial charge in [0.15, 0.2) is 0 Å². The van der Waals surface area contributed by atoms with E-state index in [0.717, 1.165) is 38.0 Å². The van der Waals surface area contributed by atoms with Gasteiger partial charge in [-0.25, -0.2) is 13.1 Å². The number of sulfonamides is 1. The number of carbonyl (C=O) groups excluding carboxylic acids is 1. The number of hydrogen-bond acceptors (Lipinski definition) is 4. The maximum atomic E-state index is 12.8. The molecule has 1 saturated carbocycles. The van der Waals surface area contributed by atoms with Crippen LogP contribution in [0, 0.1) is 0 Å². The Morgan fingerprint density at radius 2 is 1.74 bits per heavy atom. The third kappa shape index (κ3) is 5.86. The van der Waals surface area contributed by atoms with Crippen molar-refractivity contribution >= 4 is 27.5 Å². The first-order valence-corrected chi connectivity index (χ1v) is 12.7. The van der Waals surface area contributed by atoms with Gasteiger partial charge in [-0.15, -0.1) is 0 Å². The molecule has 8 heteroatoms. The van der Waals surface area contributed by atoms with Crippen molar-refractivity contribution < 1.29 is 13.2 Å². The van der Waals surface area contributed by atoms with Crippen molar-refractivity contribution in [1.82, 2.24) is 14.9 Å². The summed E-state index contributed by atoms with van der Waals surface area (Å²) in [6.07, 6.45) is 5.41. The Morgan fingerprint density at radius 3 is 2.45 bits per heavy atom. The van der Waals surface area contributed by atoms with Crippen LogP contribution in [0.25, 0.3) is 0 Å². The molecule has 1 aliphatic heterocycles. The lowest BCUT2D eigenvalue weighted by Crippen LogP contribution is -2.30. The molecule has 2 aromatic carbocycles. The number of piperidine rings is 1. The summed E-state index contributed by atoms with van der Waals surface area (Å²) in [7, 11) is -3.74. The van der Waals surface area contributed by atoms with Gasteiger partial charge >= 0.3 is 0 Å². The monoisotopic (exact) mass is 461 g/mol. The van der Waals surface area contributed by atoms with Crippen LogP contribution in [0.4, 0.5) is 0 Å². The molecule has 4 rings (SSSR count). The molecule has 1 aliphatic carbocycles. The lowest BCUT2D eigenvalue weighted by molar-refractivity contribution is 0.0950. The van der Waals surface area contributed by atoms with Crippen molar-refractivity contribution in [3.05, 3.63) is 64.2 Å². The summed E-state index contributed by atoms with van der Waals surface area (Å²) in [6, 6.07) is 12.4. The molecule has 166 valence electrons. The summed E-state index contributed by atoms with van der Waals surface area (Å²) >= 11 is 6.12. The number of nitrogens with zero attached hydrogens (tertiary/aromatic N) is 1. The van der Waals surface area contributed by atoms with E-state index in [1.165, 1.54) is 37.0 Å². The zero-order chi connectivity index (χ0) is 21.8. The number of nitrogens with one attached hydrogen (secondary N) is 2. The van der Waals surface area contributed by atoms with Crippen LogP contribution >= 0.6 is 11.6 Å². The SMILES string of the molecule is O=C(NCc1ccccc1CN1CCCCC1)c1ccc(Cl)c(S(=O)(=O)NC2CC2)c1. The molecule has 0 aromatic heterocycles. The van der Waals surface area contributed by atoms with Gasteiger partial charge in [-0.2, -0.15) is 0 Å². The average Bonchev–Trinajstić information content (AvgIpc) is 3.57. The van der Waals surface area contributed by atoms with Crippen LogP contribution in [-0.4, -0.2) is 38.4 Å². The van der Waals surface area contributed by atoms with Crippen LogP contribution in [0.1, 0.15) is 53.6 Å². The third-order valence-electron chi connectivity index (χ3n) is 5.78. The van der Waals surface area contributed by atoms with Gasteiger partial charge in [0.25, 0.3) is 5.91 Å². The fourth-order valence-electron chi connectivity index (χ4n) is 3.85. The van der Waals surface area contributed by atoms with Crippen molar-refractivity contribution in [3.8, 4) is 0 Å². The first-order chi connectivity index (χ1) is 14.9. The summed E-state index contributed by atoms with van der Waals surface area (Å²) in [5.74, 6) is -0.327. The number of rotatable bonds is 8. The minimum atomic E-state index is -3.74. The van der Waals surface area contributed by atoms with E-state index in [4.69, 9.17) is 11.6 Å². The molecule has 1 saturated heterocycles. The Kier molecular flexibility index (Phi) is 6.96. The molecular formula is C23H28ClN3O3S. The Bertz CT molecular complexity index is 1050. The fraction of sp³-hybridized carbons (Fsp3) is 0.435. The molecule has 2 fully saturated rings. The fourth-order valence-corrected chi connectivity index (χ4v) is 5.69. The average molecular weight is 462 g/mol. The summed E-state index contributed by atoms with van der Waals surface area (Å²) in [5, 5.41) is 3.04. The third-order valence-corrected chi connectivity index (χ3v) is 7.78. The number of benzene rings is 2. The predicted molar refractivity (Wildman–Crippen MR) is 122 cm³/mol. The molecule has 0 bridgehead atoms. The van der Waals surface area contributed by atoms with Crippen LogP contribution in [0.5, 0.6) is 0 Å². The molecule has 0 radical (unpaired) electrons. The molecule has 6 nitrogen and oxygen atoms in total. The molecule has 0 unspecified atom stereocenters. The van der Waals surface area contributed by atoms with E-state index in [-0.39, 0.29) is 27.4 Å². The zero-order valence-electron chi connectivity index (χ0n) is 17.4. The van der Waals surface area contributed by atoms with Gasteiger partial charge in [0, 0.05) is 24.7 Å². The minimum absolute atomic E-state index is 0.0324. The van der Waals surface area contributed by atoms with Crippen LogP contribution in [0.3, 0.4) is 0 Å². The molecular weight excluding hydrogens is 434 g/mol. The van der Waals surface area contributed by atoms with Crippen molar-refractivity contribution in [2.75, 3.05) is 13.1 Å². The van der Waals surface area contributed by atoms with Gasteiger partial charge in [-0.1, -0.05) is 42.3 Å². The zero-order valence-corrected chi connectivity index (χ0v) is 19.0. The van der Waals surface area contributed by atoms with Crippen LogP contribution < -0.4 is 10.0 Å². The van der Waals surface area contributed by atoms with Crippen molar-refractivity contribution in [2.24, 2.45) is 0 Å². The number of halogens is 1. The lowest BCUT2D eigenvalue weighted by atomic mass is 10.0. The van der Waals surface area contributed by atoms with Gasteiger partial charge in [0.2, 0.25) is 10.0 Å². The molecule has 2 N–H and O–H groups in total. The van der Waals surface area contributed by atoms with Crippen molar-refractivity contribution in [3.63, 3.8) is 0 Å². The number of amides is 1. The standard InChI is InChI=1S/C23H28ClN3O3S/c24-21-11-8-17(14-22(21)31(29,30)26-20-9-10-20)23(28)25-15-18-6-2-3-7-19(18)16-27-12-4-1-5-13-27/h2-3,6-8,11,14,20,26H,1,4-5,9-10,12-13,15-16H2,(H,25,28). The second kappa shape index (κ2) is 9.69. The Morgan fingerprint density at radius 1 is 1.03 bits per heavy atom. The Hall–Kier alpha value is -1.93. The van der Waals surface area contributed by atoms with Gasteiger partial charge < -0.3 is 5.32 Å². The maximum Gasteiger partial charge on any atom is 0.251 e. The van der Waals surface area contributed by atoms with Crippen LogP contribution in [0.2, 0.25) is 5.02 Å². The Labute approximate surface area is 189 Å².